The predicted molar refractivity (Wildman–Crippen MR) is 112 cm³/mol. The zero-order valence-corrected chi connectivity index (χ0v) is 18.7. The van der Waals surface area contributed by atoms with Crippen LogP contribution in [-0.2, 0) is 14.6 Å². The summed E-state index contributed by atoms with van der Waals surface area (Å²) >= 11 is 0. The molecule has 1 saturated heterocycles. The number of nitrogens with zero attached hydrogens (tertiary/aromatic N) is 3. The number of likely N-dealkylation sites (tertiary alicyclic amines) is 1. The maximum atomic E-state index is 13.8. The smallest absolute Gasteiger partial charge is 0.244 e. The highest BCUT2D eigenvalue weighted by Gasteiger charge is 2.55. The summed E-state index contributed by atoms with van der Waals surface area (Å²) in [7, 11) is -3.80. The van der Waals surface area contributed by atoms with E-state index >= 15 is 0 Å². The normalized spacial score (nSPS) is 19.9. The lowest BCUT2D eigenvalue weighted by molar-refractivity contribution is -0.135. The lowest BCUT2D eigenvalue weighted by Gasteiger charge is -2.37. The van der Waals surface area contributed by atoms with Gasteiger partial charge in [0.1, 0.15) is 0 Å². The van der Waals surface area contributed by atoms with E-state index in [0.29, 0.717) is 60.9 Å². The van der Waals surface area contributed by atoms with Crippen LogP contribution in [0, 0.1) is 20.8 Å². The number of rotatable bonds is 4. The van der Waals surface area contributed by atoms with E-state index in [4.69, 9.17) is 4.52 Å². The van der Waals surface area contributed by atoms with E-state index < -0.39 is 14.6 Å². The maximum Gasteiger partial charge on any atom is 0.244 e. The number of carbonyl (C=O) groups is 1. The van der Waals surface area contributed by atoms with Gasteiger partial charge in [0.05, 0.1) is 4.90 Å². The molecule has 2 heterocycles. The number of amides is 1. The summed E-state index contributed by atoms with van der Waals surface area (Å²) in [5.74, 6) is 1.10. The highest BCUT2D eigenvalue weighted by Crippen LogP contribution is 2.43. The number of benzene rings is 1. The summed E-state index contributed by atoms with van der Waals surface area (Å²) in [5, 5.41) is 3.86. The molecule has 2 fully saturated rings. The van der Waals surface area contributed by atoms with Gasteiger partial charge in [0, 0.05) is 19.0 Å². The van der Waals surface area contributed by atoms with Crippen LogP contribution >= 0.6 is 0 Å². The van der Waals surface area contributed by atoms with Gasteiger partial charge in [-0.3, -0.25) is 4.79 Å². The highest BCUT2D eigenvalue weighted by molar-refractivity contribution is 7.93. The average molecular weight is 432 g/mol. The molecule has 2 aromatic rings. The number of carbonyl (C=O) groups excluding carboxylic acids is 1. The van der Waals surface area contributed by atoms with Crippen molar-refractivity contribution in [2.45, 2.75) is 74.9 Å². The van der Waals surface area contributed by atoms with Crippen LogP contribution in [0.15, 0.2) is 27.6 Å². The van der Waals surface area contributed by atoms with Crippen molar-refractivity contribution in [2.75, 3.05) is 13.1 Å². The Labute approximate surface area is 177 Å². The average Bonchev–Trinajstić information content (AvgIpc) is 3.39. The molecule has 1 aromatic heterocycles. The molecule has 1 saturated carbocycles. The first-order valence-electron chi connectivity index (χ1n) is 10.7. The Morgan fingerprint density at radius 2 is 1.80 bits per heavy atom. The number of sulfone groups is 1. The van der Waals surface area contributed by atoms with E-state index in [9.17, 15) is 13.2 Å². The second-order valence-corrected chi connectivity index (χ2v) is 10.9. The zero-order chi connectivity index (χ0) is 21.5. The van der Waals surface area contributed by atoms with Crippen LogP contribution in [0.1, 0.15) is 67.3 Å². The number of hydrogen-bond donors (Lipinski definition) is 0. The van der Waals surface area contributed by atoms with E-state index in [0.717, 1.165) is 18.4 Å². The zero-order valence-electron chi connectivity index (χ0n) is 17.8. The van der Waals surface area contributed by atoms with Crippen LogP contribution in [0.25, 0.3) is 0 Å². The van der Waals surface area contributed by atoms with Gasteiger partial charge in [0.25, 0.3) is 0 Å². The molecule has 8 heteroatoms. The number of piperidine rings is 1. The third-order valence-electron chi connectivity index (χ3n) is 6.62. The fraction of sp³-hybridized carbons (Fsp3) is 0.591. The Kier molecular flexibility index (Phi) is 5.46. The number of hydrogen-bond acceptors (Lipinski definition) is 6. The van der Waals surface area contributed by atoms with Gasteiger partial charge >= 0.3 is 0 Å². The Balaban J connectivity index is 1.60. The standard InChI is InChI=1S/C22H29N3O4S/c1-15-6-7-16(2)19(14-15)30(27,28)22(10-4-5-11-22)21(26)25-12-8-18(9-13-25)20-23-17(3)24-29-20/h6-7,14,18H,4-5,8-13H2,1-3H3. The molecular formula is C22H29N3O4S. The van der Waals surface area contributed by atoms with Gasteiger partial charge in [0.2, 0.25) is 11.8 Å². The van der Waals surface area contributed by atoms with Crippen LogP contribution in [0.3, 0.4) is 0 Å². The van der Waals surface area contributed by atoms with Crippen molar-refractivity contribution in [1.82, 2.24) is 15.0 Å². The minimum atomic E-state index is -3.80. The second kappa shape index (κ2) is 7.80. The molecule has 0 radical (unpaired) electrons. The third-order valence-corrected chi connectivity index (χ3v) is 9.25. The summed E-state index contributed by atoms with van der Waals surface area (Å²) in [6, 6.07) is 5.44. The molecule has 1 aliphatic carbocycles. The Bertz CT molecular complexity index is 1050. The van der Waals surface area contributed by atoms with Gasteiger partial charge in [-0.25, -0.2) is 8.42 Å². The van der Waals surface area contributed by atoms with Gasteiger partial charge < -0.3 is 9.42 Å². The lowest BCUT2D eigenvalue weighted by Crippen LogP contribution is -2.54. The molecule has 4 rings (SSSR count). The van der Waals surface area contributed by atoms with E-state index in [1.807, 2.05) is 19.1 Å². The Morgan fingerprint density at radius 3 is 2.40 bits per heavy atom. The molecule has 0 N–H and O–H groups in total. The van der Waals surface area contributed by atoms with E-state index in [2.05, 4.69) is 10.1 Å². The molecule has 0 unspecified atom stereocenters. The highest BCUT2D eigenvalue weighted by atomic mass is 32.2. The number of aryl methyl sites for hydroxylation is 3. The molecule has 1 aromatic carbocycles. The van der Waals surface area contributed by atoms with Crippen LogP contribution in [0.5, 0.6) is 0 Å². The SMILES string of the molecule is Cc1ccc(C)c(S(=O)(=O)C2(C(=O)N3CCC(c4nc(C)no4)CC3)CCCC2)c1. The summed E-state index contributed by atoms with van der Waals surface area (Å²) < 4.78 is 31.6. The summed E-state index contributed by atoms with van der Waals surface area (Å²) in [5.41, 5.74) is 1.58. The van der Waals surface area contributed by atoms with Crippen molar-refractivity contribution >= 4 is 15.7 Å². The monoisotopic (exact) mass is 431 g/mol. The molecule has 0 bridgehead atoms. The first-order chi connectivity index (χ1) is 14.2. The van der Waals surface area contributed by atoms with Crippen LogP contribution in [0.2, 0.25) is 0 Å². The molecule has 1 aliphatic heterocycles. The Morgan fingerprint density at radius 1 is 1.13 bits per heavy atom. The molecular weight excluding hydrogens is 402 g/mol. The second-order valence-electron chi connectivity index (χ2n) is 8.72. The van der Waals surface area contributed by atoms with E-state index in [-0.39, 0.29) is 11.8 Å². The van der Waals surface area contributed by atoms with Crippen molar-refractivity contribution in [3.8, 4) is 0 Å². The molecule has 7 nitrogen and oxygen atoms in total. The molecule has 1 amide bonds. The largest absolute Gasteiger partial charge is 0.341 e. The fourth-order valence-electron chi connectivity index (χ4n) is 4.85. The van der Waals surface area contributed by atoms with Crippen molar-refractivity contribution in [3.63, 3.8) is 0 Å². The van der Waals surface area contributed by atoms with Gasteiger partial charge in [-0.05, 0) is 63.6 Å². The van der Waals surface area contributed by atoms with Crippen LogP contribution in [-0.4, -0.2) is 47.2 Å². The van der Waals surface area contributed by atoms with Gasteiger partial charge in [-0.1, -0.05) is 30.1 Å². The van der Waals surface area contributed by atoms with Crippen molar-refractivity contribution in [3.05, 3.63) is 41.0 Å². The minimum Gasteiger partial charge on any atom is -0.341 e. The quantitative estimate of drug-likeness (QED) is 0.736. The topological polar surface area (TPSA) is 93.4 Å². The van der Waals surface area contributed by atoms with E-state index in [1.54, 1.807) is 24.8 Å². The maximum absolute atomic E-state index is 13.8. The first kappa shape index (κ1) is 21.0. The number of aromatic nitrogens is 2. The van der Waals surface area contributed by atoms with Gasteiger partial charge in [0.15, 0.2) is 20.4 Å². The minimum absolute atomic E-state index is 0.116. The molecule has 0 spiro atoms. The summed E-state index contributed by atoms with van der Waals surface area (Å²) in [4.78, 5) is 20.0. The third kappa shape index (κ3) is 3.45. The molecule has 0 atom stereocenters. The predicted octanol–water partition coefficient (Wildman–Crippen LogP) is 3.49. The molecule has 2 aliphatic rings. The fourth-order valence-corrected chi connectivity index (χ4v) is 7.29. The van der Waals surface area contributed by atoms with Gasteiger partial charge in [-0.15, -0.1) is 0 Å². The van der Waals surface area contributed by atoms with Crippen molar-refractivity contribution in [2.24, 2.45) is 0 Å². The van der Waals surface area contributed by atoms with Crippen molar-refractivity contribution < 1.29 is 17.7 Å². The van der Waals surface area contributed by atoms with Crippen LogP contribution in [0.4, 0.5) is 0 Å². The summed E-state index contributed by atoms with van der Waals surface area (Å²) in [6.45, 7) is 6.49. The summed E-state index contributed by atoms with van der Waals surface area (Å²) in [6.07, 6.45) is 3.70. The molecule has 30 heavy (non-hydrogen) atoms. The Hall–Kier alpha value is -2.22. The van der Waals surface area contributed by atoms with Crippen molar-refractivity contribution in [1.29, 1.82) is 0 Å². The first-order valence-corrected chi connectivity index (χ1v) is 12.1. The van der Waals surface area contributed by atoms with Crippen LogP contribution < -0.4 is 0 Å². The van der Waals surface area contributed by atoms with E-state index in [1.165, 1.54) is 0 Å². The van der Waals surface area contributed by atoms with Gasteiger partial charge in [-0.2, -0.15) is 4.98 Å². The molecule has 162 valence electrons. The lowest BCUT2D eigenvalue weighted by atomic mass is 9.95.